The number of aliphatic imine (C=N–C) groups is 1. The highest BCUT2D eigenvalue weighted by Crippen LogP contribution is 2.17. The third kappa shape index (κ3) is 4.63. The van der Waals surface area contributed by atoms with Crippen LogP contribution in [-0.4, -0.2) is 55.6 Å². The number of rotatable bonds is 5. The number of nitrogens with zero attached hydrogens (tertiary/aromatic N) is 2. The first kappa shape index (κ1) is 19.1. The normalized spacial score (nSPS) is 18.6. The quantitative estimate of drug-likeness (QED) is 0.380. The number of fused-ring (bicyclic) bond motifs is 1. The number of para-hydroxylation sites is 1. The summed E-state index contributed by atoms with van der Waals surface area (Å²) in [4.78, 5) is 10.1. The number of halogens is 1. The molecule has 1 aliphatic rings. The van der Waals surface area contributed by atoms with Gasteiger partial charge in [-0.15, -0.1) is 24.0 Å². The molecular formula is C18H28IN5. The molecule has 2 aromatic rings. The van der Waals surface area contributed by atoms with Gasteiger partial charge in [0.1, 0.15) is 0 Å². The van der Waals surface area contributed by atoms with Crippen LogP contribution >= 0.6 is 24.0 Å². The molecule has 6 heteroatoms. The van der Waals surface area contributed by atoms with E-state index < -0.39 is 0 Å². The summed E-state index contributed by atoms with van der Waals surface area (Å²) in [5, 5.41) is 8.18. The molecule has 0 amide bonds. The molecule has 1 unspecified atom stereocenters. The largest absolute Gasteiger partial charge is 0.361 e. The standard InChI is InChI=1S/C18H27N5.HI/c1-19-18(22-13-15-6-5-11-23(15)2)20-10-9-14-12-21-17-8-4-3-7-16(14)17;/h3-4,7-8,12,15,21H,5-6,9-11,13H2,1-2H3,(H2,19,20,22);1H. The highest BCUT2D eigenvalue weighted by molar-refractivity contribution is 14.0. The molecule has 24 heavy (non-hydrogen) atoms. The Bertz CT molecular complexity index is 666. The Morgan fingerprint density at radius 1 is 1.33 bits per heavy atom. The molecule has 0 radical (unpaired) electrons. The Hall–Kier alpha value is -1.28. The van der Waals surface area contributed by atoms with Crippen molar-refractivity contribution in [2.75, 3.05) is 33.7 Å². The van der Waals surface area contributed by atoms with Gasteiger partial charge in [0, 0.05) is 43.3 Å². The summed E-state index contributed by atoms with van der Waals surface area (Å²) in [5.41, 5.74) is 2.55. The third-order valence-corrected chi connectivity index (χ3v) is 4.76. The fourth-order valence-corrected chi connectivity index (χ4v) is 3.33. The van der Waals surface area contributed by atoms with Crippen molar-refractivity contribution in [2.24, 2.45) is 4.99 Å². The van der Waals surface area contributed by atoms with Crippen LogP contribution in [0.15, 0.2) is 35.5 Å². The lowest BCUT2D eigenvalue weighted by Gasteiger charge is -2.21. The van der Waals surface area contributed by atoms with E-state index in [1.54, 1.807) is 0 Å². The number of H-pyrrole nitrogens is 1. The van der Waals surface area contributed by atoms with Gasteiger partial charge in [0.15, 0.2) is 5.96 Å². The van der Waals surface area contributed by atoms with E-state index in [2.05, 4.69) is 63.0 Å². The van der Waals surface area contributed by atoms with Crippen molar-refractivity contribution < 1.29 is 0 Å². The molecule has 1 fully saturated rings. The number of guanidine groups is 1. The van der Waals surface area contributed by atoms with Crippen LogP contribution in [0.4, 0.5) is 0 Å². The van der Waals surface area contributed by atoms with Gasteiger partial charge >= 0.3 is 0 Å². The minimum absolute atomic E-state index is 0. The van der Waals surface area contributed by atoms with Crippen molar-refractivity contribution in [3.63, 3.8) is 0 Å². The SMILES string of the molecule is CN=C(NCCc1c[nH]c2ccccc12)NCC1CCCN1C.I. The molecule has 2 heterocycles. The first-order chi connectivity index (χ1) is 11.3. The Morgan fingerprint density at radius 2 is 2.17 bits per heavy atom. The second-order valence-electron chi connectivity index (χ2n) is 6.27. The number of nitrogens with one attached hydrogen (secondary N) is 3. The number of aromatic amines is 1. The van der Waals surface area contributed by atoms with Gasteiger partial charge in [-0.05, 0) is 44.5 Å². The van der Waals surface area contributed by atoms with E-state index in [1.807, 2.05) is 7.05 Å². The summed E-state index contributed by atoms with van der Waals surface area (Å²) < 4.78 is 0. The molecule has 1 atom stereocenters. The maximum Gasteiger partial charge on any atom is 0.191 e. The Labute approximate surface area is 161 Å². The zero-order valence-electron chi connectivity index (χ0n) is 14.5. The molecule has 1 aromatic carbocycles. The lowest BCUT2D eigenvalue weighted by atomic mass is 10.1. The van der Waals surface area contributed by atoms with E-state index >= 15 is 0 Å². The van der Waals surface area contributed by atoms with Crippen LogP contribution in [0.25, 0.3) is 10.9 Å². The maximum atomic E-state index is 4.32. The zero-order valence-corrected chi connectivity index (χ0v) is 16.8. The Morgan fingerprint density at radius 3 is 2.92 bits per heavy atom. The van der Waals surface area contributed by atoms with E-state index in [0.29, 0.717) is 6.04 Å². The first-order valence-corrected chi connectivity index (χ1v) is 8.47. The van der Waals surface area contributed by atoms with Crippen molar-refractivity contribution >= 4 is 40.8 Å². The average molecular weight is 441 g/mol. The van der Waals surface area contributed by atoms with Gasteiger partial charge in [-0.3, -0.25) is 4.99 Å². The van der Waals surface area contributed by atoms with Crippen LogP contribution in [-0.2, 0) is 6.42 Å². The van der Waals surface area contributed by atoms with Crippen LogP contribution in [0.3, 0.4) is 0 Å². The number of likely N-dealkylation sites (tertiary alicyclic amines) is 1. The molecule has 0 saturated carbocycles. The maximum absolute atomic E-state index is 4.32. The topological polar surface area (TPSA) is 55.5 Å². The van der Waals surface area contributed by atoms with Gasteiger partial charge in [0.25, 0.3) is 0 Å². The van der Waals surface area contributed by atoms with E-state index in [0.717, 1.165) is 25.5 Å². The molecule has 0 aliphatic carbocycles. The second-order valence-corrected chi connectivity index (χ2v) is 6.27. The van der Waals surface area contributed by atoms with Gasteiger partial charge < -0.3 is 20.5 Å². The monoisotopic (exact) mass is 441 g/mol. The predicted octanol–water partition coefficient (Wildman–Crippen LogP) is 2.59. The van der Waals surface area contributed by atoms with Crippen LogP contribution in [0.2, 0.25) is 0 Å². The molecule has 3 rings (SSSR count). The second kappa shape index (κ2) is 9.27. The molecule has 3 N–H and O–H groups in total. The lowest BCUT2D eigenvalue weighted by Crippen LogP contribution is -2.44. The van der Waals surface area contributed by atoms with Gasteiger partial charge in [-0.2, -0.15) is 0 Å². The number of hydrogen-bond donors (Lipinski definition) is 3. The van der Waals surface area contributed by atoms with Crippen LogP contribution < -0.4 is 10.6 Å². The van der Waals surface area contributed by atoms with E-state index in [-0.39, 0.29) is 24.0 Å². The smallest absolute Gasteiger partial charge is 0.191 e. The van der Waals surface area contributed by atoms with E-state index in [9.17, 15) is 0 Å². The lowest BCUT2D eigenvalue weighted by molar-refractivity contribution is 0.309. The van der Waals surface area contributed by atoms with Gasteiger partial charge in [0.05, 0.1) is 0 Å². The molecule has 1 saturated heterocycles. The fourth-order valence-electron chi connectivity index (χ4n) is 3.33. The number of benzene rings is 1. The van der Waals surface area contributed by atoms with Crippen molar-refractivity contribution in [1.82, 2.24) is 20.5 Å². The molecule has 132 valence electrons. The van der Waals surface area contributed by atoms with Gasteiger partial charge in [-0.25, -0.2) is 0 Å². The molecule has 5 nitrogen and oxygen atoms in total. The van der Waals surface area contributed by atoms with Crippen LogP contribution in [0, 0.1) is 0 Å². The summed E-state index contributed by atoms with van der Waals surface area (Å²) in [5.74, 6) is 0.894. The zero-order chi connectivity index (χ0) is 16.1. The summed E-state index contributed by atoms with van der Waals surface area (Å²) in [6, 6.07) is 9.06. The minimum atomic E-state index is 0. The van der Waals surface area contributed by atoms with Crippen LogP contribution in [0.5, 0.6) is 0 Å². The van der Waals surface area contributed by atoms with Crippen LogP contribution in [0.1, 0.15) is 18.4 Å². The van der Waals surface area contributed by atoms with Crippen molar-refractivity contribution in [3.8, 4) is 0 Å². The van der Waals surface area contributed by atoms with Crippen molar-refractivity contribution in [1.29, 1.82) is 0 Å². The van der Waals surface area contributed by atoms with E-state index in [1.165, 1.54) is 35.9 Å². The molecule has 1 aromatic heterocycles. The van der Waals surface area contributed by atoms with Gasteiger partial charge in [-0.1, -0.05) is 18.2 Å². The summed E-state index contributed by atoms with van der Waals surface area (Å²) in [6.45, 7) is 3.05. The Balaban J connectivity index is 0.00000208. The average Bonchev–Trinajstić information content (AvgIpc) is 3.17. The minimum Gasteiger partial charge on any atom is -0.361 e. The third-order valence-electron chi connectivity index (χ3n) is 4.76. The van der Waals surface area contributed by atoms with Crippen molar-refractivity contribution in [2.45, 2.75) is 25.3 Å². The first-order valence-electron chi connectivity index (χ1n) is 8.47. The number of aromatic nitrogens is 1. The molecule has 0 spiro atoms. The summed E-state index contributed by atoms with van der Waals surface area (Å²) in [7, 11) is 4.03. The Kier molecular flexibility index (Phi) is 7.36. The number of hydrogen-bond acceptors (Lipinski definition) is 2. The van der Waals surface area contributed by atoms with E-state index in [4.69, 9.17) is 0 Å². The highest BCUT2D eigenvalue weighted by Gasteiger charge is 2.20. The predicted molar refractivity (Wildman–Crippen MR) is 112 cm³/mol. The highest BCUT2D eigenvalue weighted by atomic mass is 127. The number of likely N-dealkylation sites (N-methyl/N-ethyl adjacent to an activating group) is 1. The summed E-state index contributed by atoms with van der Waals surface area (Å²) in [6.07, 6.45) is 5.66. The van der Waals surface area contributed by atoms with Gasteiger partial charge in [0.2, 0.25) is 0 Å². The molecule has 0 bridgehead atoms. The molecular weight excluding hydrogens is 413 g/mol. The fraction of sp³-hybridized carbons (Fsp3) is 0.500. The molecule has 1 aliphatic heterocycles. The van der Waals surface area contributed by atoms with Crippen molar-refractivity contribution in [3.05, 3.63) is 36.0 Å². The summed E-state index contributed by atoms with van der Waals surface area (Å²) >= 11 is 0.